The molecule has 0 bridgehead atoms. The van der Waals surface area contributed by atoms with Crippen molar-refractivity contribution in [1.29, 1.82) is 0 Å². The first-order valence-corrected chi connectivity index (χ1v) is 5.89. The summed E-state index contributed by atoms with van der Waals surface area (Å²) in [6.45, 7) is 7.29. The summed E-state index contributed by atoms with van der Waals surface area (Å²) >= 11 is 0. The van der Waals surface area contributed by atoms with Crippen molar-refractivity contribution in [3.05, 3.63) is 30.6 Å². The molecule has 1 heterocycles. The molecule has 0 radical (unpaired) electrons. The third-order valence-electron chi connectivity index (χ3n) is 2.60. The Balaban J connectivity index is 2.13. The molecule has 0 fully saturated rings. The van der Waals surface area contributed by atoms with Crippen molar-refractivity contribution in [1.82, 2.24) is 9.97 Å². The average molecular weight is 230 g/mol. The molecule has 0 amide bonds. The van der Waals surface area contributed by atoms with Crippen LogP contribution in [-0.2, 0) is 0 Å². The van der Waals surface area contributed by atoms with Crippen LogP contribution in [0.5, 0.6) is 5.88 Å². The summed E-state index contributed by atoms with van der Waals surface area (Å²) in [5, 5.41) is 0.976. The van der Waals surface area contributed by atoms with Gasteiger partial charge in [0.1, 0.15) is 6.33 Å². The fraction of sp³-hybridized carbons (Fsp3) is 0.429. The summed E-state index contributed by atoms with van der Waals surface area (Å²) in [5.41, 5.74) is 1.20. The number of rotatable bonds is 3. The summed E-state index contributed by atoms with van der Waals surface area (Å²) in [4.78, 5) is 8.40. The Kier molecular flexibility index (Phi) is 3.27. The Morgan fingerprint density at radius 2 is 1.88 bits per heavy atom. The van der Waals surface area contributed by atoms with Crippen LogP contribution in [0.3, 0.4) is 0 Å². The van der Waals surface area contributed by atoms with Gasteiger partial charge < -0.3 is 4.74 Å². The number of fused-ring (bicyclic) bond motifs is 1. The van der Waals surface area contributed by atoms with E-state index in [2.05, 4.69) is 30.7 Å². The van der Waals surface area contributed by atoms with Crippen molar-refractivity contribution in [2.75, 3.05) is 6.61 Å². The SMILES string of the molecule is CC(C)(C)CCOc1ncnc2ccccc12. The molecule has 3 heteroatoms. The highest BCUT2D eigenvalue weighted by molar-refractivity contribution is 5.82. The van der Waals surface area contributed by atoms with Crippen molar-refractivity contribution in [2.45, 2.75) is 27.2 Å². The third kappa shape index (κ3) is 3.16. The Labute approximate surface area is 102 Å². The molecular formula is C14H18N2O. The van der Waals surface area contributed by atoms with E-state index in [9.17, 15) is 0 Å². The Morgan fingerprint density at radius 3 is 2.65 bits per heavy atom. The minimum atomic E-state index is 0.281. The molecule has 2 aromatic rings. The third-order valence-corrected chi connectivity index (χ3v) is 2.60. The zero-order valence-electron chi connectivity index (χ0n) is 10.6. The molecule has 0 aliphatic heterocycles. The molecule has 17 heavy (non-hydrogen) atoms. The topological polar surface area (TPSA) is 35.0 Å². The molecule has 1 aromatic heterocycles. The minimum Gasteiger partial charge on any atom is -0.477 e. The van der Waals surface area contributed by atoms with E-state index in [4.69, 9.17) is 4.74 Å². The maximum Gasteiger partial charge on any atom is 0.224 e. The van der Waals surface area contributed by atoms with Gasteiger partial charge in [0.25, 0.3) is 0 Å². The molecule has 0 unspecified atom stereocenters. The van der Waals surface area contributed by atoms with E-state index in [1.807, 2.05) is 24.3 Å². The highest BCUT2D eigenvalue weighted by atomic mass is 16.5. The predicted molar refractivity (Wildman–Crippen MR) is 69.1 cm³/mol. The van der Waals surface area contributed by atoms with Gasteiger partial charge in [0.2, 0.25) is 5.88 Å². The van der Waals surface area contributed by atoms with Gasteiger partial charge in [-0.3, -0.25) is 0 Å². The molecule has 0 aliphatic rings. The predicted octanol–water partition coefficient (Wildman–Crippen LogP) is 3.44. The maximum absolute atomic E-state index is 5.74. The van der Waals surface area contributed by atoms with E-state index in [0.29, 0.717) is 12.5 Å². The van der Waals surface area contributed by atoms with Crippen LogP contribution < -0.4 is 4.74 Å². The van der Waals surface area contributed by atoms with E-state index in [-0.39, 0.29) is 5.41 Å². The molecule has 0 atom stereocenters. The van der Waals surface area contributed by atoms with Gasteiger partial charge in [-0.15, -0.1) is 0 Å². The summed E-state index contributed by atoms with van der Waals surface area (Å²) in [7, 11) is 0. The van der Waals surface area contributed by atoms with Gasteiger partial charge >= 0.3 is 0 Å². The fourth-order valence-electron chi connectivity index (χ4n) is 1.55. The molecule has 3 nitrogen and oxygen atoms in total. The first-order valence-electron chi connectivity index (χ1n) is 5.89. The molecule has 0 aliphatic carbocycles. The summed E-state index contributed by atoms with van der Waals surface area (Å²) < 4.78 is 5.74. The summed E-state index contributed by atoms with van der Waals surface area (Å²) in [5.74, 6) is 0.680. The Bertz CT molecular complexity index is 498. The average Bonchev–Trinajstić information content (AvgIpc) is 2.28. The van der Waals surface area contributed by atoms with Crippen LogP contribution in [0, 0.1) is 5.41 Å². The normalized spacial score (nSPS) is 11.7. The first-order chi connectivity index (χ1) is 8.06. The largest absolute Gasteiger partial charge is 0.477 e. The number of aromatic nitrogens is 2. The van der Waals surface area contributed by atoms with Gasteiger partial charge in [-0.05, 0) is 24.0 Å². The van der Waals surface area contributed by atoms with Crippen molar-refractivity contribution in [2.24, 2.45) is 5.41 Å². The van der Waals surface area contributed by atoms with Gasteiger partial charge in [0.05, 0.1) is 17.5 Å². The lowest BCUT2D eigenvalue weighted by atomic mass is 9.93. The van der Waals surface area contributed by atoms with Crippen LogP contribution >= 0.6 is 0 Å². The molecule has 0 spiro atoms. The summed E-state index contributed by atoms with van der Waals surface area (Å²) in [6.07, 6.45) is 2.56. The van der Waals surface area contributed by atoms with Gasteiger partial charge in [-0.1, -0.05) is 32.9 Å². The van der Waals surface area contributed by atoms with Crippen LogP contribution in [0.15, 0.2) is 30.6 Å². The number of para-hydroxylation sites is 1. The molecule has 0 saturated carbocycles. The second-order valence-electron chi connectivity index (χ2n) is 5.36. The maximum atomic E-state index is 5.74. The highest BCUT2D eigenvalue weighted by Gasteiger charge is 2.11. The van der Waals surface area contributed by atoms with E-state index < -0.39 is 0 Å². The standard InChI is InChI=1S/C14H18N2O/c1-14(2,3)8-9-17-13-11-6-4-5-7-12(11)15-10-16-13/h4-7,10H,8-9H2,1-3H3. The van der Waals surface area contributed by atoms with Crippen molar-refractivity contribution in [3.63, 3.8) is 0 Å². The monoisotopic (exact) mass is 230 g/mol. The van der Waals surface area contributed by atoms with Gasteiger partial charge in [0.15, 0.2) is 0 Å². The van der Waals surface area contributed by atoms with Crippen LogP contribution in [0.2, 0.25) is 0 Å². The van der Waals surface area contributed by atoms with Crippen molar-refractivity contribution in [3.8, 4) is 5.88 Å². The van der Waals surface area contributed by atoms with E-state index >= 15 is 0 Å². The zero-order valence-corrected chi connectivity index (χ0v) is 10.6. The number of nitrogens with zero attached hydrogens (tertiary/aromatic N) is 2. The van der Waals surface area contributed by atoms with Crippen LogP contribution in [0.4, 0.5) is 0 Å². The van der Waals surface area contributed by atoms with Gasteiger partial charge in [-0.25, -0.2) is 9.97 Å². The smallest absolute Gasteiger partial charge is 0.224 e. The van der Waals surface area contributed by atoms with E-state index in [1.165, 1.54) is 0 Å². The molecular weight excluding hydrogens is 212 g/mol. The van der Waals surface area contributed by atoms with E-state index in [0.717, 1.165) is 17.3 Å². The minimum absolute atomic E-state index is 0.281. The lowest BCUT2D eigenvalue weighted by molar-refractivity contribution is 0.238. The quantitative estimate of drug-likeness (QED) is 0.810. The van der Waals surface area contributed by atoms with Crippen molar-refractivity contribution < 1.29 is 4.74 Å². The molecule has 90 valence electrons. The van der Waals surface area contributed by atoms with Crippen LogP contribution in [0.1, 0.15) is 27.2 Å². The van der Waals surface area contributed by atoms with Gasteiger partial charge in [0, 0.05) is 0 Å². The molecule has 0 saturated heterocycles. The van der Waals surface area contributed by atoms with Crippen LogP contribution in [0.25, 0.3) is 10.9 Å². The lowest BCUT2D eigenvalue weighted by Crippen LogP contribution is -2.11. The van der Waals surface area contributed by atoms with Crippen molar-refractivity contribution >= 4 is 10.9 Å². The number of benzene rings is 1. The van der Waals surface area contributed by atoms with Gasteiger partial charge in [-0.2, -0.15) is 0 Å². The lowest BCUT2D eigenvalue weighted by Gasteiger charge is -2.18. The molecule has 2 rings (SSSR count). The number of hydrogen-bond donors (Lipinski definition) is 0. The molecule has 1 aromatic carbocycles. The summed E-state index contributed by atoms with van der Waals surface area (Å²) in [6, 6.07) is 7.89. The second-order valence-corrected chi connectivity index (χ2v) is 5.36. The van der Waals surface area contributed by atoms with Crippen LogP contribution in [-0.4, -0.2) is 16.6 Å². The highest BCUT2D eigenvalue weighted by Crippen LogP contribution is 2.23. The second kappa shape index (κ2) is 4.70. The number of ether oxygens (including phenoxy) is 1. The van der Waals surface area contributed by atoms with E-state index in [1.54, 1.807) is 6.33 Å². The first kappa shape index (κ1) is 11.8. The fourth-order valence-corrected chi connectivity index (χ4v) is 1.55. The Morgan fingerprint density at radius 1 is 1.12 bits per heavy atom. The zero-order chi connectivity index (χ0) is 12.3. The number of hydrogen-bond acceptors (Lipinski definition) is 3. The molecule has 0 N–H and O–H groups in total. The Hall–Kier alpha value is -1.64.